The van der Waals surface area contributed by atoms with Crippen LogP contribution in [-0.4, -0.2) is 0 Å². The molecule has 4 heteroatoms. The van der Waals surface area contributed by atoms with Crippen LogP contribution in [0.4, 0.5) is 0 Å². The maximum atomic E-state index is 12.3. The fourth-order valence-corrected chi connectivity index (χ4v) is 2.41. The third kappa shape index (κ3) is 2.15. The van der Waals surface area contributed by atoms with E-state index in [1.165, 1.54) is 0 Å². The summed E-state index contributed by atoms with van der Waals surface area (Å²) in [7, 11) is 0. The Labute approximate surface area is 120 Å². The first-order chi connectivity index (χ1) is 9.16. The second kappa shape index (κ2) is 4.76. The molecule has 3 aromatic rings. The summed E-state index contributed by atoms with van der Waals surface area (Å²) in [5, 5.41) is 0.942. The van der Waals surface area contributed by atoms with Crippen LogP contribution in [0.1, 0.15) is 0 Å². The molecule has 0 amide bonds. The summed E-state index contributed by atoms with van der Waals surface area (Å²) in [6.45, 7) is 0. The number of hydrogen-bond donors (Lipinski definition) is 1. The molecule has 0 spiro atoms. The second-order valence-corrected chi connectivity index (χ2v) is 5.00. The summed E-state index contributed by atoms with van der Waals surface area (Å²) in [5.41, 5.74) is 1.15. The van der Waals surface area contributed by atoms with Gasteiger partial charge in [0.05, 0.1) is 10.3 Å². The SMILES string of the molecule is O=c1c(S)c(-c2ccccc2)oc2ccc(Cl)cc12. The topological polar surface area (TPSA) is 30.2 Å². The lowest BCUT2D eigenvalue weighted by Crippen LogP contribution is -2.04. The van der Waals surface area contributed by atoms with Gasteiger partial charge in [-0.15, -0.1) is 12.6 Å². The summed E-state index contributed by atoms with van der Waals surface area (Å²) in [6.07, 6.45) is 0. The predicted octanol–water partition coefficient (Wildman–Crippen LogP) is 4.40. The summed E-state index contributed by atoms with van der Waals surface area (Å²) in [4.78, 5) is 12.6. The van der Waals surface area contributed by atoms with Crippen molar-refractivity contribution in [2.75, 3.05) is 0 Å². The molecule has 0 radical (unpaired) electrons. The molecule has 1 heterocycles. The molecule has 94 valence electrons. The van der Waals surface area contributed by atoms with Crippen molar-refractivity contribution in [1.82, 2.24) is 0 Å². The third-order valence-electron chi connectivity index (χ3n) is 2.86. The molecule has 0 saturated carbocycles. The van der Waals surface area contributed by atoms with Crippen molar-refractivity contribution in [2.45, 2.75) is 4.90 Å². The van der Waals surface area contributed by atoms with E-state index in [1.807, 2.05) is 30.3 Å². The molecule has 2 nitrogen and oxygen atoms in total. The van der Waals surface area contributed by atoms with Crippen LogP contribution in [0.15, 0.2) is 62.6 Å². The monoisotopic (exact) mass is 288 g/mol. The van der Waals surface area contributed by atoms with Crippen LogP contribution in [0.2, 0.25) is 5.02 Å². The molecule has 0 atom stereocenters. The van der Waals surface area contributed by atoms with Crippen LogP contribution in [0.5, 0.6) is 0 Å². The number of benzene rings is 2. The Balaban J connectivity index is 2.37. The fourth-order valence-electron chi connectivity index (χ4n) is 1.94. The van der Waals surface area contributed by atoms with E-state index in [-0.39, 0.29) is 5.43 Å². The number of halogens is 1. The predicted molar refractivity (Wildman–Crippen MR) is 80.2 cm³/mol. The van der Waals surface area contributed by atoms with Gasteiger partial charge in [0, 0.05) is 10.6 Å². The van der Waals surface area contributed by atoms with Crippen molar-refractivity contribution in [2.24, 2.45) is 0 Å². The highest BCUT2D eigenvalue weighted by atomic mass is 35.5. The molecule has 0 aliphatic carbocycles. The van der Waals surface area contributed by atoms with Gasteiger partial charge in [-0.25, -0.2) is 0 Å². The lowest BCUT2D eigenvalue weighted by atomic mass is 10.1. The first kappa shape index (κ1) is 12.3. The molecule has 0 aliphatic rings. The van der Waals surface area contributed by atoms with E-state index < -0.39 is 0 Å². The van der Waals surface area contributed by atoms with E-state index in [9.17, 15) is 4.79 Å². The van der Waals surface area contributed by atoms with E-state index in [2.05, 4.69) is 12.6 Å². The van der Waals surface area contributed by atoms with E-state index in [0.717, 1.165) is 5.56 Å². The number of fused-ring (bicyclic) bond motifs is 1. The quantitative estimate of drug-likeness (QED) is 0.673. The normalized spacial score (nSPS) is 10.8. The van der Waals surface area contributed by atoms with Gasteiger partial charge in [0.15, 0.2) is 5.76 Å². The summed E-state index contributed by atoms with van der Waals surface area (Å²) >= 11 is 10.2. The molecule has 0 saturated heterocycles. The zero-order valence-corrected chi connectivity index (χ0v) is 11.4. The van der Waals surface area contributed by atoms with Crippen LogP contribution in [0.25, 0.3) is 22.3 Å². The largest absolute Gasteiger partial charge is 0.455 e. The van der Waals surface area contributed by atoms with Crippen LogP contribution < -0.4 is 5.43 Å². The van der Waals surface area contributed by atoms with Gasteiger partial charge in [-0.1, -0.05) is 41.9 Å². The second-order valence-electron chi connectivity index (χ2n) is 4.12. The first-order valence-corrected chi connectivity index (χ1v) is 6.50. The lowest BCUT2D eigenvalue weighted by Gasteiger charge is -2.06. The maximum absolute atomic E-state index is 12.3. The fraction of sp³-hybridized carbons (Fsp3) is 0. The van der Waals surface area contributed by atoms with Crippen molar-refractivity contribution in [3.05, 3.63) is 63.8 Å². The van der Waals surface area contributed by atoms with Crippen LogP contribution in [-0.2, 0) is 0 Å². The zero-order chi connectivity index (χ0) is 13.4. The lowest BCUT2D eigenvalue weighted by molar-refractivity contribution is 0.605. The minimum Gasteiger partial charge on any atom is -0.455 e. The highest BCUT2D eigenvalue weighted by molar-refractivity contribution is 7.80. The Bertz CT molecular complexity index is 809. The summed E-state index contributed by atoms with van der Waals surface area (Å²) in [5.74, 6) is 0.476. The van der Waals surface area contributed by atoms with Gasteiger partial charge in [0.2, 0.25) is 5.43 Å². The average molecular weight is 289 g/mol. The summed E-state index contributed by atoms with van der Waals surface area (Å²) in [6, 6.07) is 14.4. The highest BCUT2D eigenvalue weighted by Gasteiger charge is 2.13. The molecule has 0 aliphatic heterocycles. The Morgan fingerprint density at radius 2 is 1.79 bits per heavy atom. The Kier molecular flexibility index (Phi) is 3.09. The molecule has 2 aromatic carbocycles. The highest BCUT2D eigenvalue weighted by Crippen LogP contribution is 2.28. The van der Waals surface area contributed by atoms with Gasteiger partial charge in [0.1, 0.15) is 5.58 Å². The standard InChI is InChI=1S/C15H9ClO2S/c16-10-6-7-12-11(8-10)13(17)15(19)14(18-12)9-4-2-1-3-5-9/h1-8,19H. The minimum absolute atomic E-state index is 0.175. The minimum atomic E-state index is -0.175. The molecule has 1 aromatic heterocycles. The third-order valence-corrected chi connectivity index (χ3v) is 3.51. The number of rotatable bonds is 1. The van der Waals surface area contributed by atoms with E-state index in [4.69, 9.17) is 16.0 Å². The number of thiol groups is 1. The van der Waals surface area contributed by atoms with Crippen molar-refractivity contribution < 1.29 is 4.42 Å². The van der Waals surface area contributed by atoms with Gasteiger partial charge in [-0.3, -0.25) is 4.79 Å². The van der Waals surface area contributed by atoms with Crippen molar-refractivity contribution in [1.29, 1.82) is 0 Å². The van der Waals surface area contributed by atoms with E-state index in [1.54, 1.807) is 18.2 Å². The maximum Gasteiger partial charge on any atom is 0.206 e. The molecule has 0 unspecified atom stereocenters. The Morgan fingerprint density at radius 3 is 2.53 bits per heavy atom. The van der Waals surface area contributed by atoms with E-state index >= 15 is 0 Å². The van der Waals surface area contributed by atoms with Crippen LogP contribution >= 0.6 is 24.2 Å². The Morgan fingerprint density at radius 1 is 1.05 bits per heavy atom. The molecule has 19 heavy (non-hydrogen) atoms. The molecular formula is C15H9ClO2S. The van der Waals surface area contributed by atoms with Crippen LogP contribution in [0.3, 0.4) is 0 Å². The van der Waals surface area contributed by atoms with Crippen LogP contribution in [0, 0.1) is 0 Å². The molecule has 0 fully saturated rings. The van der Waals surface area contributed by atoms with Gasteiger partial charge in [0.25, 0.3) is 0 Å². The van der Waals surface area contributed by atoms with E-state index in [0.29, 0.717) is 26.6 Å². The van der Waals surface area contributed by atoms with Gasteiger partial charge < -0.3 is 4.42 Å². The average Bonchev–Trinajstić information content (AvgIpc) is 2.44. The van der Waals surface area contributed by atoms with Crippen molar-refractivity contribution >= 4 is 35.2 Å². The molecular weight excluding hydrogens is 280 g/mol. The molecule has 0 bridgehead atoms. The van der Waals surface area contributed by atoms with Crippen molar-refractivity contribution in [3.8, 4) is 11.3 Å². The summed E-state index contributed by atoms with van der Waals surface area (Å²) < 4.78 is 5.78. The molecule has 0 N–H and O–H groups in total. The van der Waals surface area contributed by atoms with Gasteiger partial charge >= 0.3 is 0 Å². The smallest absolute Gasteiger partial charge is 0.206 e. The first-order valence-electron chi connectivity index (χ1n) is 5.67. The van der Waals surface area contributed by atoms with Crippen molar-refractivity contribution in [3.63, 3.8) is 0 Å². The van der Waals surface area contributed by atoms with Gasteiger partial charge in [-0.2, -0.15) is 0 Å². The zero-order valence-electron chi connectivity index (χ0n) is 9.76. The number of hydrogen-bond acceptors (Lipinski definition) is 3. The Hall–Kier alpha value is -1.71. The molecule has 3 rings (SSSR count). The van der Waals surface area contributed by atoms with Gasteiger partial charge in [-0.05, 0) is 18.2 Å².